The number of nitrogens with zero attached hydrogens (tertiary/aromatic N) is 5. The van der Waals surface area contributed by atoms with E-state index in [1.54, 1.807) is 6.07 Å². The van der Waals surface area contributed by atoms with Crippen molar-refractivity contribution in [3.8, 4) is 5.69 Å². The maximum absolute atomic E-state index is 10.9. The summed E-state index contributed by atoms with van der Waals surface area (Å²) in [6.45, 7) is 0. The first-order chi connectivity index (χ1) is 8.49. The van der Waals surface area contributed by atoms with E-state index < -0.39 is 15.8 Å². The van der Waals surface area contributed by atoms with Crippen molar-refractivity contribution >= 4 is 27.6 Å². The summed E-state index contributed by atoms with van der Waals surface area (Å²) in [5, 5.41) is 24.9. The molecule has 18 heavy (non-hydrogen) atoms. The molecule has 1 heterocycles. The Labute approximate surface area is 107 Å². The predicted molar refractivity (Wildman–Crippen MR) is 62.4 cm³/mol. The summed E-state index contributed by atoms with van der Waals surface area (Å²) < 4.78 is 1.51. The Balaban J connectivity index is 2.55. The molecule has 2 aromatic rings. The van der Waals surface area contributed by atoms with Gasteiger partial charge in [0.05, 0.1) is 4.92 Å². The fraction of sp³-hybridized carbons (Fsp3) is 0. The summed E-state index contributed by atoms with van der Waals surface area (Å²) in [5.41, 5.74) is -0.132. The summed E-state index contributed by atoms with van der Waals surface area (Å²) in [7, 11) is 0. The van der Waals surface area contributed by atoms with Crippen LogP contribution in [0.25, 0.3) is 5.69 Å². The van der Waals surface area contributed by atoms with E-state index in [1.807, 2.05) is 0 Å². The van der Waals surface area contributed by atoms with Crippen LogP contribution in [0, 0.1) is 20.2 Å². The Morgan fingerprint density at radius 1 is 1.22 bits per heavy atom. The second-order valence-corrected chi connectivity index (χ2v) is 4.05. The van der Waals surface area contributed by atoms with Crippen molar-refractivity contribution in [1.29, 1.82) is 0 Å². The fourth-order valence-corrected chi connectivity index (χ4v) is 1.64. The Bertz CT molecular complexity index is 640. The smallest absolute Gasteiger partial charge is 0.390 e. The van der Waals surface area contributed by atoms with Gasteiger partial charge in [-0.05, 0) is 17.1 Å². The molecular formula is C8H4BrN5O4. The molecule has 0 saturated heterocycles. The number of hydrogen-bond acceptors (Lipinski definition) is 6. The zero-order valence-corrected chi connectivity index (χ0v) is 10.1. The maximum Gasteiger partial charge on any atom is 0.491 e. The Morgan fingerprint density at radius 2 is 1.94 bits per heavy atom. The quantitative estimate of drug-likeness (QED) is 0.630. The zero-order valence-electron chi connectivity index (χ0n) is 8.56. The van der Waals surface area contributed by atoms with Crippen LogP contribution in [0.3, 0.4) is 0 Å². The monoisotopic (exact) mass is 313 g/mol. The first-order valence-corrected chi connectivity index (χ1v) is 5.28. The molecule has 0 saturated carbocycles. The van der Waals surface area contributed by atoms with Gasteiger partial charge in [-0.25, -0.2) is 0 Å². The van der Waals surface area contributed by atoms with Crippen LogP contribution in [0.15, 0.2) is 29.0 Å². The lowest BCUT2D eigenvalue weighted by atomic mass is 10.3. The number of aromatic nitrogens is 3. The minimum Gasteiger partial charge on any atom is -0.390 e. The van der Waals surface area contributed by atoms with E-state index in [2.05, 4.69) is 26.0 Å². The molecule has 0 radical (unpaired) electrons. The molecule has 0 fully saturated rings. The van der Waals surface area contributed by atoms with Crippen LogP contribution in [-0.2, 0) is 0 Å². The molecule has 0 unspecified atom stereocenters. The second kappa shape index (κ2) is 4.49. The highest BCUT2D eigenvalue weighted by Crippen LogP contribution is 2.26. The highest BCUT2D eigenvalue weighted by molar-refractivity contribution is 9.10. The lowest BCUT2D eigenvalue weighted by Gasteiger charge is -1.99. The molecule has 92 valence electrons. The summed E-state index contributed by atoms with van der Waals surface area (Å²) >= 11 is 3.11. The number of hydrogen-bond donors (Lipinski definition) is 0. The van der Waals surface area contributed by atoms with Crippen LogP contribution in [-0.4, -0.2) is 24.6 Å². The van der Waals surface area contributed by atoms with Gasteiger partial charge in [-0.2, -0.15) is 0 Å². The van der Waals surface area contributed by atoms with E-state index in [0.717, 1.165) is 11.0 Å². The third kappa shape index (κ3) is 2.18. The van der Waals surface area contributed by atoms with Crippen LogP contribution in [0.2, 0.25) is 0 Å². The number of nitro groups is 2. The number of halogens is 1. The lowest BCUT2D eigenvalue weighted by molar-refractivity contribution is -0.394. The average Bonchev–Trinajstić information content (AvgIpc) is 2.78. The third-order valence-electron chi connectivity index (χ3n) is 2.02. The van der Waals surface area contributed by atoms with Crippen LogP contribution < -0.4 is 0 Å². The van der Waals surface area contributed by atoms with E-state index in [1.165, 1.54) is 12.1 Å². The number of benzene rings is 1. The van der Waals surface area contributed by atoms with Crippen LogP contribution >= 0.6 is 15.9 Å². The van der Waals surface area contributed by atoms with Crippen molar-refractivity contribution < 1.29 is 9.85 Å². The van der Waals surface area contributed by atoms with E-state index in [0.29, 0.717) is 4.47 Å². The van der Waals surface area contributed by atoms with Crippen LogP contribution in [0.5, 0.6) is 0 Å². The van der Waals surface area contributed by atoms with E-state index in [9.17, 15) is 20.2 Å². The molecular weight excluding hydrogens is 310 g/mol. The molecule has 1 aromatic carbocycles. The summed E-state index contributed by atoms with van der Waals surface area (Å²) in [5.74, 6) is -0.618. The topological polar surface area (TPSA) is 117 Å². The predicted octanol–water partition coefficient (Wildman–Crippen LogP) is 1.85. The summed E-state index contributed by atoms with van der Waals surface area (Å²) in [6, 6.07) is 4.26. The maximum atomic E-state index is 10.9. The van der Waals surface area contributed by atoms with Gasteiger partial charge in [0.25, 0.3) is 5.69 Å². The molecule has 0 spiro atoms. The van der Waals surface area contributed by atoms with Gasteiger partial charge in [-0.15, -0.1) is 4.68 Å². The van der Waals surface area contributed by atoms with E-state index in [4.69, 9.17) is 0 Å². The van der Waals surface area contributed by atoms with Crippen molar-refractivity contribution in [2.45, 2.75) is 0 Å². The summed E-state index contributed by atoms with van der Waals surface area (Å²) in [4.78, 5) is 23.4. The van der Waals surface area contributed by atoms with Crippen molar-refractivity contribution in [2.75, 3.05) is 0 Å². The Morgan fingerprint density at radius 3 is 2.50 bits per heavy atom. The van der Waals surface area contributed by atoms with Gasteiger partial charge in [0.15, 0.2) is 5.69 Å². The SMILES string of the molecule is O=[N+]([O-])c1ncn(-c2ccc(Br)cc2[N+](=O)[O-])n1. The number of rotatable bonds is 3. The van der Waals surface area contributed by atoms with Crippen molar-refractivity contribution in [3.05, 3.63) is 49.2 Å². The largest absolute Gasteiger partial charge is 0.491 e. The highest BCUT2D eigenvalue weighted by Gasteiger charge is 2.21. The molecule has 0 N–H and O–H groups in total. The molecule has 0 aliphatic heterocycles. The van der Waals surface area contributed by atoms with Gasteiger partial charge >= 0.3 is 5.95 Å². The van der Waals surface area contributed by atoms with Crippen molar-refractivity contribution in [1.82, 2.24) is 14.8 Å². The lowest BCUT2D eigenvalue weighted by Crippen LogP contribution is -2.01. The van der Waals surface area contributed by atoms with E-state index in [-0.39, 0.29) is 11.4 Å². The zero-order chi connectivity index (χ0) is 13.3. The molecule has 0 aliphatic rings. The fourth-order valence-electron chi connectivity index (χ4n) is 1.29. The molecule has 2 rings (SSSR count). The molecule has 0 amide bonds. The molecule has 0 aliphatic carbocycles. The van der Waals surface area contributed by atoms with Gasteiger partial charge in [0.1, 0.15) is 0 Å². The minimum atomic E-state index is -0.777. The van der Waals surface area contributed by atoms with Gasteiger partial charge in [-0.3, -0.25) is 10.1 Å². The number of nitro benzene ring substituents is 1. The van der Waals surface area contributed by atoms with Gasteiger partial charge in [0.2, 0.25) is 6.33 Å². The summed E-state index contributed by atoms with van der Waals surface area (Å²) in [6.07, 6.45) is 1.05. The standard InChI is InChI=1S/C8H4BrN5O4/c9-5-1-2-6(7(3-5)13(15)16)12-4-10-8(11-12)14(17)18/h1-4H. The molecule has 10 heteroatoms. The molecule has 9 nitrogen and oxygen atoms in total. The minimum absolute atomic E-state index is 0.101. The third-order valence-corrected chi connectivity index (χ3v) is 2.52. The normalized spacial score (nSPS) is 10.3. The van der Waals surface area contributed by atoms with Crippen LogP contribution in [0.1, 0.15) is 0 Å². The van der Waals surface area contributed by atoms with Gasteiger partial charge in [0, 0.05) is 15.6 Å². The molecule has 0 bridgehead atoms. The highest BCUT2D eigenvalue weighted by atomic mass is 79.9. The Hall–Kier alpha value is -2.36. The van der Waals surface area contributed by atoms with Crippen molar-refractivity contribution in [2.24, 2.45) is 0 Å². The van der Waals surface area contributed by atoms with Gasteiger partial charge in [-0.1, -0.05) is 20.9 Å². The average molecular weight is 314 g/mol. The van der Waals surface area contributed by atoms with Crippen LogP contribution in [0.4, 0.5) is 11.6 Å². The van der Waals surface area contributed by atoms with Gasteiger partial charge < -0.3 is 10.1 Å². The molecule has 1 aromatic heterocycles. The van der Waals surface area contributed by atoms with E-state index >= 15 is 0 Å². The van der Waals surface area contributed by atoms with Crippen molar-refractivity contribution in [3.63, 3.8) is 0 Å². The molecule has 0 atom stereocenters. The second-order valence-electron chi connectivity index (χ2n) is 3.14. The first-order valence-electron chi connectivity index (χ1n) is 4.49. The first kappa shape index (κ1) is 12.1. The Kier molecular flexibility index (Phi) is 3.02.